The Morgan fingerprint density at radius 1 is 1.04 bits per heavy atom. The van der Waals surface area contributed by atoms with Gasteiger partial charge in [-0.1, -0.05) is 36.2 Å². The fraction of sp³-hybridized carbons (Fsp3) is 0.263. The lowest BCUT2D eigenvalue weighted by Gasteiger charge is -2.19. The number of anilines is 2. The van der Waals surface area contributed by atoms with Gasteiger partial charge >= 0.3 is 0 Å². The maximum Gasteiger partial charge on any atom is 0.238 e. The zero-order chi connectivity index (χ0) is 19.8. The molecule has 2 rings (SSSR count). The summed E-state index contributed by atoms with van der Waals surface area (Å²) < 4.78 is 5.13. The lowest BCUT2D eigenvalue weighted by atomic mass is 10.3. The van der Waals surface area contributed by atoms with Crippen LogP contribution in [0.15, 0.2) is 42.5 Å². The van der Waals surface area contributed by atoms with Crippen molar-refractivity contribution >= 4 is 46.4 Å². The average Bonchev–Trinajstić information content (AvgIpc) is 2.64. The standard InChI is InChI=1S/C19H21Cl2N3O3/c1-3-24(11-18(25)22-14-5-4-6-15(10-14)27-2)12-19(26)23-17-9-13(20)7-8-16(17)21/h4-10H,3,11-12H2,1-2H3,(H,22,25)(H,23,26). The lowest BCUT2D eigenvalue weighted by molar-refractivity contribution is -0.119. The first kappa shape index (κ1) is 21.0. The molecule has 0 atom stereocenters. The topological polar surface area (TPSA) is 70.7 Å². The molecule has 0 aliphatic heterocycles. The van der Waals surface area contributed by atoms with E-state index >= 15 is 0 Å². The highest BCUT2D eigenvalue weighted by Crippen LogP contribution is 2.25. The van der Waals surface area contributed by atoms with E-state index in [9.17, 15) is 9.59 Å². The predicted molar refractivity (Wildman–Crippen MR) is 109 cm³/mol. The number of amides is 2. The number of carbonyl (C=O) groups excluding carboxylic acids is 2. The van der Waals surface area contributed by atoms with Crippen molar-refractivity contribution in [2.24, 2.45) is 0 Å². The van der Waals surface area contributed by atoms with Gasteiger partial charge in [-0.05, 0) is 36.9 Å². The summed E-state index contributed by atoms with van der Waals surface area (Å²) in [4.78, 5) is 26.2. The number of benzene rings is 2. The number of nitrogens with zero attached hydrogens (tertiary/aromatic N) is 1. The van der Waals surface area contributed by atoms with Gasteiger partial charge in [0.05, 0.1) is 30.9 Å². The van der Waals surface area contributed by atoms with Gasteiger partial charge in [0.1, 0.15) is 5.75 Å². The Morgan fingerprint density at radius 2 is 1.74 bits per heavy atom. The fourth-order valence-electron chi connectivity index (χ4n) is 2.37. The van der Waals surface area contributed by atoms with E-state index in [1.54, 1.807) is 54.5 Å². The molecular formula is C19H21Cl2N3O3. The summed E-state index contributed by atoms with van der Waals surface area (Å²) in [7, 11) is 1.56. The Hall–Kier alpha value is -2.28. The maximum absolute atomic E-state index is 12.3. The molecule has 2 N–H and O–H groups in total. The van der Waals surface area contributed by atoms with Crippen LogP contribution in [-0.4, -0.2) is 43.5 Å². The normalized spacial score (nSPS) is 10.6. The third-order valence-corrected chi connectivity index (χ3v) is 4.30. The number of halogens is 2. The number of hydrogen-bond donors (Lipinski definition) is 2. The summed E-state index contributed by atoms with van der Waals surface area (Å²) in [6.45, 7) is 2.52. The van der Waals surface area contributed by atoms with E-state index in [4.69, 9.17) is 27.9 Å². The van der Waals surface area contributed by atoms with Crippen molar-refractivity contribution in [1.82, 2.24) is 4.90 Å². The molecule has 144 valence electrons. The number of ether oxygens (including phenoxy) is 1. The van der Waals surface area contributed by atoms with Crippen molar-refractivity contribution < 1.29 is 14.3 Å². The van der Waals surface area contributed by atoms with Gasteiger partial charge < -0.3 is 15.4 Å². The molecule has 0 fully saturated rings. The molecule has 0 unspecified atom stereocenters. The molecule has 2 aromatic rings. The zero-order valence-electron chi connectivity index (χ0n) is 15.1. The van der Waals surface area contributed by atoms with Gasteiger partial charge in [0, 0.05) is 16.8 Å². The van der Waals surface area contributed by atoms with Crippen LogP contribution in [-0.2, 0) is 9.59 Å². The van der Waals surface area contributed by atoms with Crippen molar-refractivity contribution in [3.63, 3.8) is 0 Å². The second kappa shape index (κ2) is 10.2. The molecule has 0 aliphatic carbocycles. The molecule has 0 spiro atoms. The van der Waals surface area contributed by atoms with Gasteiger partial charge in [-0.25, -0.2) is 0 Å². The summed E-state index contributed by atoms with van der Waals surface area (Å²) in [6, 6.07) is 11.9. The van der Waals surface area contributed by atoms with E-state index < -0.39 is 0 Å². The van der Waals surface area contributed by atoms with E-state index in [-0.39, 0.29) is 24.9 Å². The average molecular weight is 410 g/mol. The molecule has 2 amide bonds. The van der Waals surface area contributed by atoms with Crippen LogP contribution in [0.3, 0.4) is 0 Å². The van der Waals surface area contributed by atoms with Crippen LogP contribution in [0, 0.1) is 0 Å². The van der Waals surface area contributed by atoms with Gasteiger partial charge in [0.15, 0.2) is 0 Å². The number of carbonyl (C=O) groups is 2. The molecule has 0 saturated heterocycles. The molecule has 0 aliphatic rings. The molecule has 2 aromatic carbocycles. The minimum Gasteiger partial charge on any atom is -0.497 e. The second-order valence-electron chi connectivity index (χ2n) is 5.76. The van der Waals surface area contributed by atoms with E-state index in [2.05, 4.69) is 10.6 Å². The molecule has 0 bridgehead atoms. The second-order valence-corrected chi connectivity index (χ2v) is 6.60. The summed E-state index contributed by atoms with van der Waals surface area (Å²) >= 11 is 12.0. The van der Waals surface area contributed by atoms with Crippen LogP contribution in [0.5, 0.6) is 5.75 Å². The van der Waals surface area contributed by atoms with Crippen molar-refractivity contribution in [1.29, 1.82) is 0 Å². The first-order valence-electron chi connectivity index (χ1n) is 8.32. The highest BCUT2D eigenvalue weighted by molar-refractivity contribution is 6.35. The van der Waals surface area contributed by atoms with E-state index in [0.717, 1.165) is 0 Å². The zero-order valence-corrected chi connectivity index (χ0v) is 16.6. The smallest absolute Gasteiger partial charge is 0.238 e. The summed E-state index contributed by atoms with van der Waals surface area (Å²) in [5.74, 6) is 0.145. The van der Waals surface area contributed by atoms with Crippen LogP contribution in [0.1, 0.15) is 6.92 Å². The molecule has 8 heteroatoms. The third kappa shape index (κ3) is 6.75. The molecule has 27 heavy (non-hydrogen) atoms. The van der Waals surface area contributed by atoms with Gasteiger partial charge in [0.25, 0.3) is 0 Å². The van der Waals surface area contributed by atoms with Gasteiger partial charge in [-0.2, -0.15) is 0 Å². The molecule has 0 aromatic heterocycles. The maximum atomic E-state index is 12.3. The SMILES string of the molecule is CCN(CC(=O)Nc1cccc(OC)c1)CC(=O)Nc1cc(Cl)ccc1Cl. The largest absolute Gasteiger partial charge is 0.497 e. The minimum absolute atomic E-state index is 0.0465. The van der Waals surface area contributed by atoms with E-state index in [0.29, 0.717) is 33.7 Å². The monoisotopic (exact) mass is 409 g/mol. The third-order valence-electron chi connectivity index (χ3n) is 3.74. The first-order valence-corrected chi connectivity index (χ1v) is 9.08. The minimum atomic E-state index is -0.282. The highest BCUT2D eigenvalue weighted by Gasteiger charge is 2.15. The lowest BCUT2D eigenvalue weighted by Crippen LogP contribution is -2.38. The van der Waals surface area contributed by atoms with E-state index in [1.807, 2.05) is 6.92 Å². The Bertz CT molecular complexity index is 815. The Morgan fingerprint density at radius 3 is 2.41 bits per heavy atom. The number of rotatable bonds is 8. The Labute approximate surface area is 168 Å². The van der Waals surface area contributed by atoms with Gasteiger partial charge in [-0.15, -0.1) is 0 Å². The highest BCUT2D eigenvalue weighted by atomic mass is 35.5. The Kier molecular flexibility index (Phi) is 7.91. The van der Waals surface area contributed by atoms with Crippen LogP contribution >= 0.6 is 23.2 Å². The van der Waals surface area contributed by atoms with Gasteiger partial charge in [-0.3, -0.25) is 14.5 Å². The number of likely N-dealkylation sites (N-methyl/N-ethyl adjacent to an activating group) is 1. The van der Waals surface area contributed by atoms with Crippen LogP contribution in [0.25, 0.3) is 0 Å². The first-order chi connectivity index (χ1) is 12.9. The van der Waals surface area contributed by atoms with Crippen molar-refractivity contribution in [3.8, 4) is 5.75 Å². The summed E-state index contributed by atoms with van der Waals surface area (Å²) in [5.41, 5.74) is 1.07. The molecule has 0 heterocycles. The van der Waals surface area contributed by atoms with Crippen molar-refractivity contribution in [3.05, 3.63) is 52.5 Å². The van der Waals surface area contributed by atoms with Crippen LogP contribution < -0.4 is 15.4 Å². The number of hydrogen-bond acceptors (Lipinski definition) is 4. The predicted octanol–water partition coefficient (Wildman–Crippen LogP) is 3.90. The molecular weight excluding hydrogens is 389 g/mol. The van der Waals surface area contributed by atoms with Gasteiger partial charge in [0.2, 0.25) is 11.8 Å². The van der Waals surface area contributed by atoms with Crippen LogP contribution in [0.2, 0.25) is 10.0 Å². The summed E-state index contributed by atoms with van der Waals surface area (Å²) in [5, 5.41) is 6.37. The number of methoxy groups -OCH3 is 1. The number of nitrogens with one attached hydrogen (secondary N) is 2. The van der Waals surface area contributed by atoms with Crippen LogP contribution in [0.4, 0.5) is 11.4 Å². The quantitative estimate of drug-likeness (QED) is 0.693. The van der Waals surface area contributed by atoms with Crippen molar-refractivity contribution in [2.45, 2.75) is 6.92 Å². The molecule has 0 saturated carbocycles. The molecule has 0 radical (unpaired) electrons. The summed E-state index contributed by atoms with van der Waals surface area (Å²) in [6.07, 6.45) is 0. The fourth-order valence-corrected chi connectivity index (χ4v) is 2.71. The Balaban J connectivity index is 1.91. The molecule has 6 nitrogen and oxygen atoms in total. The van der Waals surface area contributed by atoms with E-state index in [1.165, 1.54) is 0 Å². The van der Waals surface area contributed by atoms with Crippen molar-refractivity contribution in [2.75, 3.05) is 37.4 Å².